The largest absolute Gasteiger partial charge is 0.379 e. The minimum Gasteiger partial charge on any atom is -0.379 e. The molecule has 9 heteroatoms. The normalized spacial score (nSPS) is 17.9. The van der Waals surface area contributed by atoms with Crippen molar-refractivity contribution in [3.05, 3.63) is 47.7 Å². The molecule has 0 N–H and O–H groups in total. The Hall–Kier alpha value is -1.57. The van der Waals surface area contributed by atoms with Gasteiger partial charge < -0.3 is 9.64 Å². The first kappa shape index (κ1) is 24.1. The lowest BCUT2D eigenvalue weighted by Gasteiger charge is -2.36. The smallest absolute Gasteiger partial charge is 0.159 e. The van der Waals surface area contributed by atoms with E-state index in [0.29, 0.717) is 0 Å². The molecule has 0 saturated carbocycles. The van der Waals surface area contributed by atoms with E-state index >= 15 is 0 Å². The van der Waals surface area contributed by atoms with Gasteiger partial charge in [-0.05, 0) is 49.1 Å². The molecule has 0 amide bonds. The fourth-order valence-corrected chi connectivity index (χ4v) is 4.56. The maximum absolute atomic E-state index is 6.07. The minimum atomic E-state index is 0. The van der Waals surface area contributed by atoms with Gasteiger partial charge in [-0.15, -0.1) is 29.9 Å². The second-order valence-electron chi connectivity index (χ2n) is 7.95. The van der Waals surface area contributed by atoms with Crippen molar-refractivity contribution in [2.75, 3.05) is 50.8 Å². The summed E-state index contributed by atoms with van der Waals surface area (Å²) >= 11 is 6.07. The third-order valence-corrected chi connectivity index (χ3v) is 6.32. The fraction of sp³-hybridized carbons (Fsp3) is 0.455. The lowest BCUT2D eigenvalue weighted by molar-refractivity contribution is 0.0289. The highest BCUT2D eigenvalue weighted by Gasteiger charge is 2.25. The molecule has 2 aliphatic rings. The molecule has 5 rings (SSSR count). The third-order valence-electron chi connectivity index (χ3n) is 6.07. The van der Waals surface area contributed by atoms with Crippen LogP contribution in [-0.2, 0) is 4.74 Å². The summed E-state index contributed by atoms with van der Waals surface area (Å²) in [6, 6.07) is 9.87. The Kier molecular flexibility index (Phi) is 8.42. The molecule has 2 saturated heterocycles. The van der Waals surface area contributed by atoms with Crippen molar-refractivity contribution in [1.82, 2.24) is 19.7 Å². The summed E-state index contributed by atoms with van der Waals surface area (Å²) in [6.07, 6.45) is 6.16. The molecule has 168 valence electrons. The fourth-order valence-electron chi connectivity index (χ4n) is 4.44. The average molecular weight is 485 g/mol. The number of benzene rings is 1. The summed E-state index contributed by atoms with van der Waals surface area (Å²) in [5, 5.41) is 6.87. The molecular formula is C22H28Cl3N5O. The molecule has 0 unspecified atom stereocenters. The van der Waals surface area contributed by atoms with Crippen LogP contribution in [0.2, 0.25) is 5.02 Å². The number of piperidine rings is 1. The Morgan fingerprint density at radius 3 is 2.39 bits per heavy atom. The maximum atomic E-state index is 6.07. The van der Waals surface area contributed by atoms with Gasteiger partial charge in [0.15, 0.2) is 5.82 Å². The van der Waals surface area contributed by atoms with Gasteiger partial charge in [0.2, 0.25) is 0 Å². The Labute approximate surface area is 200 Å². The van der Waals surface area contributed by atoms with E-state index in [1.165, 1.54) is 19.4 Å². The molecule has 6 nitrogen and oxygen atoms in total. The van der Waals surface area contributed by atoms with E-state index < -0.39 is 0 Å². The monoisotopic (exact) mass is 483 g/mol. The molecule has 3 aromatic rings. The van der Waals surface area contributed by atoms with Crippen molar-refractivity contribution in [3.63, 3.8) is 0 Å². The van der Waals surface area contributed by atoms with Crippen LogP contribution in [0.15, 0.2) is 42.7 Å². The molecule has 0 bridgehead atoms. The molecular weight excluding hydrogens is 457 g/mol. The molecule has 2 aliphatic heterocycles. The van der Waals surface area contributed by atoms with Gasteiger partial charge in [0.25, 0.3) is 0 Å². The number of aromatic nitrogens is 3. The van der Waals surface area contributed by atoms with Crippen LogP contribution in [0.4, 0.5) is 5.82 Å². The summed E-state index contributed by atoms with van der Waals surface area (Å²) in [6.45, 7) is 7.18. The van der Waals surface area contributed by atoms with Crippen molar-refractivity contribution >= 4 is 53.1 Å². The predicted molar refractivity (Wildman–Crippen MR) is 131 cm³/mol. The zero-order valence-electron chi connectivity index (χ0n) is 17.3. The van der Waals surface area contributed by atoms with Gasteiger partial charge in [-0.25, -0.2) is 4.68 Å². The van der Waals surface area contributed by atoms with Crippen LogP contribution in [0.1, 0.15) is 12.8 Å². The number of pyridine rings is 1. The molecule has 0 spiro atoms. The van der Waals surface area contributed by atoms with Gasteiger partial charge >= 0.3 is 0 Å². The van der Waals surface area contributed by atoms with Gasteiger partial charge in [-0.3, -0.25) is 9.88 Å². The predicted octanol–water partition coefficient (Wildman–Crippen LogP) is 4.47. The lowest BCUT2D eigenvalue weighted by atomic mass is 9.96. The Morgan fingerprint density at radius 1 is 0.968 bits per heavy atom. The number of hydrogen-bond acceptors (Lipinski definition) is 5. The second kappa shape index (κ2) is 10.8. The Morgan fingerprint density at radius 2 is 1.68 bits per heavy atom. The van der Waals surface area contributed by atoms with E-state index in [4.69, 9.17) is 21.4 Å². The van der Waals surface area contributed by atoms with Crippen molar-refractivity contribution in [3.8, 4) is 5.69 Å². The number of rotatable bonds is 4. The van der Waals surface area contributed by atoms with Crippen molar-refractivity contribution in [2.24, 2.45) is 5.92 Å². The number of halogens is 3. The first-order chi connectivity index (χ1) is 14.3. The molecule has 4 heterocycles. The molecule has 2 fully saturated rings. The molecule has 1 aromatic carbocycles. The molecule has 2 aromatic heterocycles. The SMILES string of the molecule is Cl.Cl.Clc1ccc(-n2nc(N3CCC(CN4CCOCC4)CC3)c3ccncc32)cc1. The summed E-state index contributed by atoms with van der Waals surface area (Å²) in [4.78, 5) is 9.32. The van der Waals surface area contributed by atoms with Gasteiger partial charge in [0.1, 0.15) is 0 Å². The first-order valence-corrected chi connectivity index (χ1v) is 10.8. The topological polar surface area (TPSA) is 46.4 Å². The number of anilines is 1. The highest BCUT2D eigenvalue weighted by Crippen LogP contribution is 2.31. The van der Waals surface area contributed by atoms with Crippen LogP contribution in [-0.4, -0.2) is 65.6 Å². The second-order valence-corrected chi connectivity index (χ2v) is 8.38. The summed E-state index contributed by atoms with van der Waals surface area (Å²) < 4.78 is 7.46. The number of ether oxygens (including phenoxy) is 1. The summed E-state index contributed by atoms with van der Waals surface area (Å²) in [5.41, 5.74) is 2.03. The molecule has 0 aliphatic carbocycles. The zero-order valence-corrected chi connectivity index (χ0v) is 19.7. The van der Waals surface area contributed by atoms with E-state index in [1.807, 2.05) is 41.3 Å². The Balaban J connectivity index is 0.00000136. The van der Waals surface area contributed by atoms with E-state index in [9.17, 15) is 0 Å². The lowest BCUT2D eigenvalue weighted by Crippen LogP contribution is -2.43. The van der Waals surface area contributed by atoms with Gasteiger partial charge in [0, 0.05) is 49.3 Å². The number of nitrogens with zero attached hydrogens (tertiary/aromatic N) is 5. The summed E-state index contributed by atoms with van der Waals surface area (Å²) in [5.74, 6) is 1.82. The van der Waals surface area contributed by atoms with Crippen LogP contribution in [0.3, 0.4) is 0 Å². The van der Waals surface area contributed by atoms with E-state index in [2.05, 4.69) is 20.9 Å². The number of fused-ring (bicyclic) bond motifs is 1. The highest BCUT2D eigenvalue weighted by molar-refractivity contribution is 6.30. The van der Waals surface area contributed by atoms with Crippen molar-refractivity contribution in [2.45, 2.75) is 12.8 Å². The van der Waals surface area contributed by atoms with Crippen LogP contribution in [0.25, 0.3) is 16.6 Å². The number of hydrogen-bond donors (Lipinski definition) is 0. The van der Waals surface area contributed by atoms with E-state index in [0.717, 1.165) is 72.7 Å². The third kappa shape index (κ3) is 5.26. The van der Waals surface area contributed by atoms with E-state index in [-0.39, 0.29) is 24.8 Å². The van der Waals surface area contributed by atoms with Gasteiger partial charge in [-0.2, -0.15) is 0 Å². The maximum Gasteiger partial charge on any atom is 0.159 e. The molecule has 31 heavy (non-hydrogen) atoms. The molecule has 0 radical (unpaired) electrons. The number of morpholine rings is 1. The van der Waals surface area contributed by atoms with Crippen molar-refractivity contribution < 1.29 is 4.74 Å². The standard InChI is InChI=1S/C22H26ClN5O.2ClH/c23-18-1-3-19(4-2-18)28-21-15-24-8-5-20(21)22(25-28)27-9-6-17(7-10-27)16-26-11-13-29-14-12-26;;/h1-5,8,15,17H,6-7,9-14,16H2;2*1H. The minimum absolute atomic E-state index is 0. The first-order valence-electron chi connectivity index (χ1n) is 10.4. The molecule has 0 atom stereocenters. The van der Waals surface area contributed by atoms with Crippen LogP contribution >= 0.6 is 36.4 Å². The van der Waals surface area contributed by atoms with Crippen LogP contribution < -0.4 is 4.90 Å². The van der Waals surface area contributed by atoms with Crippen molar-refractivity contribution in [1.29, 1.82) is 0 Å². The van der Waals surface area contributed by atoms with E-state index in [1.54, 1.807) is 0 Å². The van der Waals surface area contributed by atoms with Gasteiger partial charge in [-0.1, -0.05) is 11.6 Å². The summed E-state index contributed by atoms with van der Waals surface area (Å²) in [7, 11) is 0. The zero-order chi connectivity index (χ0) is 19.6. The van der Waals surface area contributed by atoms with Crippen LogP contribution in [0, 0.1) is 5.92 Å². The highest BCUT2D eigenvalue weighted by atomic mass is 35.5. The quantitative estimate of drug-likeness (QED) is 0.547. The van der Waals surface area contributed by atoms with Crippen LogP contribution in [0.5, 0.6) is 0 Å². The Bertz CT molecular complexity index is 967. The average Bonchev–Trinajstić information content (AvgIpc) is 3.15. The van der Waals surface area contributed by atoms with Gasteiger partial charge in [0.05, 0.1) is 30.6 Å².